The maximum Gasteiger partial charge on any atom is 0.0949 e. The van der Waals surface area contributed by atoms with E-state index in [-0.39, 0.29) is 0 Å². The molecule has 1 aromatic heterocycles. The number of aromatic nitrogens is 1. The number of benzene rings is 1. The Labute approximate surface area is 126 Å². The normalized spacial score (nSPS) is 31.1. The fourth-order valence-corrected chi connectivity index (χ4v) is 6.26. The van der Waals surface area contributed by atoms with E-state index in [9.17, 15) is 0 Å². The zero-order valence-electron chi connectivity index (χ0n) is 10.9. The summed E-state index contributed by atoms with van der Waals surface area (Å²) in [5, 5.41) is 1.30. The van der Waals surface area contributed by atoms with Gasteiger partial charge in [-0.1, -0.05) is 34.5 Å². The Hall–Kier alpha value is -0.410. The molecule has 0 saturated heterocycles. The van der Waals surface area contributed by atoms with Gasteiger partial charge in [-0.05, 0) is 49.1 Å². The molecule has 4 unspecified atom stereocenters. The zero-order valence-corrected chi connectivity index (χ0v) is 13.3. The first kappa shape index (κ1) is 12.3. The van der Waals surface area contributed by atoms with Crippen molar-refractivity contribution in [2.24, 2.45) is 17.8 Å². The number of para-hydroxylation sites is 1. The molecule has 2 aliphatic rings. The van der Waals surface area contributed by atoms with Gasteiger partial charge in [-0.25, -0.2) is 4.98 Å². The van der Waals surface area contributed by atoms with Gasteiger partial charge in [-0.15, -0.1) is 11.3 Å². The molecule has 0 radical (unpaired) electrons. The summed E-state index contributed by atoms with van der Waals surface area (Å²) in [6, 6.07) is 8.48. The van der Waals surface area contributed by atoms with E-state index < -0.39 is 0 Å². The molecule has 0 amide bonds. The van der Waals surface area contributed by atoms with Crippen molar-refractivity contribution in [3.63, 3.8) is 0 Å². The van der Waals surface area contributed by atoms with Crippen LogP contribution < -0.4 is 0 Å². The van der Waals surface area contributed by atoms with Crippen LogP contribution in [0.4, 0.5) is 0 Å². The van der Waals surface area contributed by atoms with E-state index in [2.05, 4.69) is 40.2 Å². The van der Waals surface area contributed by atoms with Crippen molar-refractivity contribution in [2.75, 3.05) is 0 Å². The van der Waals surface area contributed by atoms with Crippen molar-refractivity contribution in [3.05, 3.63) is 29.3 Å². The number of halogens is 1. The standard InChI is InChI=1S/C16H18BrNS/c17-13(12-8-10-5-6-11(12)7-10)9-16-18-14-3-1-2-4-15(14)19-16/h1-4,10-13H,5-9H2. The van der Waals surface area contributed by atoms with Crippen LogP contribution in [-0.2, 0) is 6.42 Å². The van der Waals surface area contributed by atoms with Crippen LogP contribution in [-0.4, -0.2) is 9.81 Å². The molecule has 1 nitrogen and oxygen atoms in total. The molecule has 4 rings (SSSR count). The van der Waals surface area contributed by atoms with Crippen LogP contribution in [0.15, 0.2) is 24.3 Å². The van der Waals surface area contributed by atoms with Crippen molar-refractivity contribution in [1.29, 1.82) is 0 Å². The smallest absolute Gasteiger partial charge is 0.0949 e. The van der Waals surface area contributed by atoms with E-state index in [0.717, 1.165) is 29.7 Å². The minimum absolute atomic E-state index is 0.628. The Balaban J connectivity index is 1.51. The van der Waals surface area contributed by atoms with Gasteiger partial charge in [0, 0.05) is 11.2 Å². The zero-order chi connectivity index (χ0) is 12.8. The molecule has 3 heteroatoms. The predicted molar refractivity (Wildman–Crippen MR) is 85.0 cm³/mol. The van der Waals surface area contributed by atoms with Crippen LogP contribution in [0.5, 0.6) is 0 Å². The van der Waals surface area contributed by atoms with Gasteiger partial charge in [0.25, 0.3) is 0 Å². The molecule has 2 aromatic rings. The van der Waals surface area contributed by atoms with Crippen molar-refractivity contribution >= 4 is 37.5 Å². The van der Waals surface area contributed by atoms with Gasteiger partial charge in [0.15, 0.2) is 0 Å². The molecule has 4 atom stereocenters. The SMILES string of the molecule is BrC(Cc1nc2ccccc2s1)C1CC2CCC1C2. The molecule has 1 heterocycles. The molecule has 0 aliphatic heterocycles. The van der Waals surface area contributed by atoms with Gasteiger partial charge >= 0.3 is 0 Å². The lowest BCUT2D eigenvalue weighted by atomic mass is 9.85. The average Bonchev–Trinajstić information content (AvgIpc) is 3.12. The summed E-state index contributed by atoms with van der Waals surface area (Å²) in [6.45, 7) is 0. The summed E-state index contributed by atoms with van der Waals surface area (Å²) in [4.78, 5) is 5.40. The topological polar surface area (TPSA) is 12.9 Å². The van der Waals surface area contributed by atoms with Crippen molar-refractivity contribution in [2.45, 2.75) is 36.9 Å². The lowest BCUT2D eigenvalue weighted by molar-refractivity contribution is 0.326. The third kappa shape index (κ3) is 2.25. The van der Waals surface area contributed by atoms with E-state index in [4.69, 9.17) is 4.98 Å². The number of alkyl halides is 1. The molecular weight excluding hydrogens is 318 g/mol. The Morgan fingerprint density at radius 2 is 2.16 bits per heavy atom. The second-order valence-electron chi connectivity index (χ2n) is 6.13. The third-order valence-electron chi connectivity index (χ3n) is 4.97. The first-order chi connectivity index (χ1) is 9.29. The van der Waals surface area contributed by atoms with E-state index in [1.54, 1.807) is 0 Å². The van der Waals surface area contributed by atoms with E-state index >= 15 is 0 Å². The lowest BCUT2D eigenvalue weighted by Crippen LogP contribution is -2.22. The number of rotatable bonds is 3. The fraction of sp³-hybridized carbons (Fsp3) is 0.562. The Morgan fingerprint density at radius 1 is 1.26 bits per heavy atom. The van der Waals surface area contributed by atoms with Gasteiger partial charge in [0.2, 0.25) is 0 Å². The molecule has 1 aromatic carbocycles. The van der Waals surface area contributed by atoms with Gasteiger partial charge in [-0.2, -0.15) is 0 Å². The Kier molecular flexibility index (Phi) is 3.15. The largest absolute Gasteiger partial charge is 0.241 e. The first-order valence-corrected chi connectivity index (χ1v) is 9.01. The van der Waals surface area contributed by atoms with E-state index in [1.807, 2.05) is 11.3 Å². The van der Waals surface area contributed by atoms with Crippen LogP contribution in [0.25, 0.3) is 10.2 Å². The maximum absolute atomic E-state index is 4.77. The summed E-state index contributed by atoms with van der Waals surface area (Å²) < 4.78 is 1.32. The average molecular weight is 336 g/mol. The van der Waals surface area contributed by atoms with Gasteiger partial charge < -0.3 is 0 Å². The summed E-state index contributed by atoms with van der Waals surface area (Å²) >= 11 is 5.83. The molecule has 0 spiro atoms. The monoisotopic (exact) mass is 335 g/mol. The quantitative estimate of drug-likeness (QED) is 0.716. The molecule has 100 valence electrons. The highest BCUT2D eigenvalue weighted by Crippen LogP contribution is 2.51. The second kappa shape index (κ2) is 4.85. The molecule has 2 bridgehead atoms. The molecule has 19 heavy (non-hydrogen) atoms. The maximum atomic E-state index is 4.77. The number of hydrogen-bond acceptors (Lipinski definition) is 2. The summed E-state index contributed by atoms with van der Waals surface area (Å²) in [5.41, 5.74) is 1.16. The minimum Gasteiger partial charge on any atom is -0.241 e. The highest BCUT2D eigenvalue weighted by molar-refractivity contribution is 9.09. The van der Waals surface area contributed by atoms with Crippen LogP contribution >= 0.6 is 27.3 Å². The molecule has 2 aliphatic carbocycles. The minimum atomic E-state index is 0.628. The van der Waals surface area contributed by atoms with Crippen LogP contribution in [0, 0.1) is 17.8 Å². The molecule has 0 N–H and O–H groups in total. The van der Waals surface area contributed by atoms with Crippen molar-refractivity contribution < 1.29 is 0 Å². The second-order valence-corrected chi connectivity index (χ2v) is 8.43. The summed E-state index contributed by atoms with van der Waals surface area (Å²) in [5.74, 6) is 2.92. The third-order valence-corrected chi connectivity index (χ3v) is 7.03. The summed E-state index contributed by atoms with van der Waals surface area (Å²) in [6.07, 6.45) is 7.00. The van der Waals surface area contributed by atoms with Crippen molar-refractivity contribution in [1.82, 2.24) is 4.98 Å². The number of nitrogens with zero attached hydrogens (tertiary/aromatic N) is 1. The Bertz CT molecular complexity index is 560. The lowest BCUT2D eigenvalue weighted by Gasteiger charge is -2.26. The van der Waals surface area contributed by atoms with Crippen LogP contribution in [0.2, 0.25) is 0 Å². The van der Waals surface area contributed by atoms with Gasteiger partial charge in [0.05, 0.1) is 15.2 Å². The highest BCUT2D eigenvalue weighted by Gasteiger charge is 2.42. The number of thiazole rings is 1. The van der Waals surface area contributed by atoms with Crippen LogP contribution in [0.3, 0.4) is 0 Å². The first-order valence-electron chi connectivity index (χ1n) is 7.28. The molecule has 2 saturated carbocycles. The highest BCUT2D eigenvalue weighted by atomic mass is 79.9. The van der Waals surface area contributed by atoms with E-state index in [1.165, 1.54) is 35.4 Å². The molecule has 2 fully saturated rings. The van der Waals surface area contributed by atoms with Crippen LogP contribution in [0.1, 0.15) is 30.7 Å². The molecular formula is C16H18BrNS. The summed E-state index contributed by atoms with van der Waals surface area (Å²) in [7, 11) is 0. The number of fused-ring (bicyclic) bond motifs is 3. The van der Waals surface area contributed by atoms with E-state index in [0.29, 0.717) is 4.83 Å². The fourth-order valence-electron chi connectivity index (χ4n) is 4.06. The van der Waals surface area contributed by atoms with Gasteiger partial charge in [-0.3, -0.25) is 0 Å². The van der Waals surface area contributed by atoms with Crippen molar-refractivity contribution in [3.8, 4) is 0 Å². The Morgan fingerprint density at radius 3 is 2.89 bits per heavy atom. The van der Waals surface area contributed by atoms with Gasteiger partial charge in [0.1, 0.15) is 0 Å². The predicted octanol–water partition coefficient (Wildman–Crippen LogP) is 5.04. The number of hydrogen-bond donors (Lipinski definition) is 0.